The second kappa shape index (κ2) is 5.01. The Morgan fingerprint density at radius 2 is 2.00 bits per heavy atom. The summed E-state index contributed by atoms with van der Waals surface area (Å²) >= 11 is 6.00. The molecule has 0 spiro atoms. The maximum Gasteiger partial charge on any atom is 0.152 e. The van der Waals surface area contributed by atoms with E-state index in [1.54, 1.807) is 32.6 Å². The van der Waals surface area contributed by atoms with E-state index in [2.05, 4.69) is 15.3 Å². The van der Waals surface area contributed by atoms with Crippen molar-refractivity contribution in [1.82, 2.24) is 9.97 Å². The first-order valence-corrected chi connectivity index (χ1v) is 5.46. The molecular weight excluding hydrogens is 238 g/mol. The minimum absolute atomic E-state index is 0.633. The number of methoxy groups -OCH3 is 1. The Bertz CT molecular complexity index is 531. The van der Waals surface area contributed by atoms with Gasteiger partial charge in [0.1, 0.15) is 11.4 Å². The van der Waals surface area contributed by atoms with Crippen molar-refractivity contribution in [1.29, 1.82) is 0 Å². The van der Waals surface area contributed by atoms with Gasteiger partial charge in [-0.2, -0.15) is 0 Å². The lowest BCUT2D eigenvalue weighted by Crippen LogP contribution is -1.98. The molecule has 4 nitrogen and oxygen atoms in total. The van der Waals surface area contributed by atoms with Crippen LogP contribution in [0.2, 0.25) is 5.02 Å². The number of nitrogens with zero attached hydrogens (tertiary/aromatic N) is 2. The van der Waals surface area contributed by atoms with Crippen molar-refractivity contribution in [3.63, 3.8) is 0 Å². The quantitative estimate of drug-likeness (QED) is 0.909. The molecule has 0 radical (unpaired) electrons. The largest absolute Gasteiger partial charge is 0.496 e. The molecule has 1 aromatic heterocycles. The molecule has 0 bridgehead atoms. The lowest BCUT2D eigenvalue weighted by molar-refractivity contribution is 0.416. The van der Waals surface area contributed by atoms with Gasteiger partial charge in [-0.1, -0.05) is 11.6 Å². The Balaban J connectivity index is 2.62. The fourth-order valence-electron chi connectivity index (χ4n) is 1.58. The number of hydrogen-bond acceptors (Lipinski definition) is 4. The summed E-state index contributed by atoms with van der Waals surface area (Å²) in [6.07, 6.45) is 3.27. The highest BCUT2D eigenvalue weighted by Gasteiger charge is 2.12. The van der Waals surface area contributed by atoms with Crippen LogP contribution in [0.1, 0.15) is 0 Å². The SMILES string of the molecule is CNc1nccnc1-c1cc(Cl)ccc1OC. The lowest BCUT2D eigenvalue weighted by Gasteiger charge is -2.11. The van der Waals surface area contributed by atoms with Gasteiger partial charge in [0.25, 0.3) is 0 Å². The molecule has 1 N–H and O–H groups in total. The van der Waals surface area contributed by atoms with Gasteiger partial charge in [0.05, 0.1) is 7.11 Å². The molecule has 2 aromatic rings. The Morgan fingerprint density at radius 3 is 2.71 bits per heavy atom. The van der Waals surface area contributed by atoms with Gasteiger partial charge in [0.15, 0.2) is 5.82 Å². The molecule has 0 saturated carbocycles. The molecule has 0 saturated heterocycles. The first-order valence-electron chi connectivity index (χ1n) is 5.09. The summed E-state index contributed by atoms with van der Waals surface area (Å²) in [4.78, 5) is 8.51. The number of aromatic nitrogens is 2. The van der Waals surface area contributed by atoms with Crippen molar-refractivity contribution in [3.05, 3.63) is 35.6 Å². The van der Waals surface area contributed by atoms with E-state index in [0.717, 1.165) is 5.56 Å². The molecular formula is C12H12ClN3O. The highest BCUT2D eigenvalue weighted by Crippen LogP contribution is 2.34. The third-order valence-electron chi connectivity index (χ3n) is 2.35. The topological polar surface area (TPSA) is 47.0 Å². The van der Waals surface area contributed by atoms with Gasteiger partial charge in [0.2, 0.25) is 0 Å². The van der Waals surface area contributed by atoms with Crippen molar-refractivity contribution in [3.8, 4) is 17.0 Å². The normalized spacial score (nSPS) is 10.1. The number of benzene rings is 1. The average Bonchev–Trinajstić information content (AvgIpc) is 2.38. The van der Waals surface area contributed by atoms with E-state index < -0.39 is 0 Å². The standard InChI is InChI=1S/C12H12ClN3O/c1-14-12-11(15-5-6-16-12)9-7-8(13)3-4-10(9)17-2/h3-7H,1-2H3,(H,14,16). The van der Waals surface area contributed by atoms with Crippen LogP contribution in [-0.2, 0) is 0 Å². The predicted octanol–water partition coefficient (Wildman–Crippen LogP) is 2.85. The maximum absolute atomic E-state index is 6.00. The molecule has 1 aromatic carbocycles. The van der Waals surface area contributed by atoms with Crippen molar-refractivity contribution in [2.75, 3.05) is 19.5 Å². The summed E-state index contributed by atoms with van der Waals surface area (Å²) < 4.78 is 5.30. The van der Waals surface area contributed by atoms with Crippen LogP contribution < -0.4 is 10.1 Å². The minimum atomic E-state index is 0.633. The van der Waals surface area contributed by atoms with E-state index in [-0.39, 0.29) is 0 Å². The van der Waals surface area contributed by atoms with Crippen LogP contribution >= 0.6 is 11.6 Å². The number of halogens is 1. The Morgan fingerprint density at radius 1 is 1.24 bits per heavy atom. The van der Waals surface area contributed by atoms with Crippen LogP contribution in [-0.4, -0.2) is 24.1 Å². The van der Waals surface area contributed by atoms with Crippen LogP contribution in [0.15, 0.2) is 30.6 Å². The third kappa shape index (κ3) is 2.31. The molecule has 17 heavy (non-hydrogen) atoms. The van der Waals surface area contributed by atoms with Gasteiger partial charge in [-0.15, -0.1) is 0 Å². The summed E-state index contributed by atoms with van der Waals surface area (Å²) in [7, 11) is 3.41. The molecule has 0 aliphatic rings. The molecule has 5 heteroatoms. The van der Waals surface area contributed by atoms with E-state index in [9.17, 15) is 0 Å². The molecule has 0 unspecified atom stereocenters. The van der Waals surface area contributed by atoms with Gasteiger partial charge in [0, 0.05) is 30.0 Å². The van der Waals surface area contributed by atoms with Crippen LogP contribution in [0.5, 0.6) is 5.75 Å². The molecule has 0 aliphatic heterocycles. The molecule has 1 heterocycles. The van der Waals surface area contributed by atoms with Gasteiger partial charge in [-0.3, -0.25) is 4.98 Å². The number of nitrogens with one attached hydrogen (secondary N) is 1. The Hall–Kier alpha value is -1.81. The zero-order valence-corrected chi connectivity index (χ0v) is 10.3. The van der Waals surface area contributed by atoms with Crippen molar-refractivity contribution < 1.29 is 4.74 Å². The van der Waals surface area contributed by atoms with Crippen molar-refractivity contribution in [2.24, 2.45) is 0 Å². The highest BCUT2D eigenvalue weighted by atomic mass is 35.5. The van der Waals surface area contributed by atoms with Gasteiger partial charge < -0.3 is 10.1 Å². The van der Waals surface area contributed by atoms with Gasteiger partial charge in [-0.25, -0.2) is 4.98 Å². The first kappa shape index (κ1) is 11.7. The van der Waals surface area contributed by atoms with Crippen molar-refractivity contribution >= 4 is 17.4 Å². The van der Waals surface area contributed by atoms with Crippen LogP contribution in [0, 0.1) is 0 Å². The molecule has 0 amide bonds. The van der Waals surface area contributed by atoms with Crippen molar-refractivity contribution in [2.45, 2.75) is 0 Å². The van der Waals surface area contributed by atoms with E-state index in [1.807, 2.05) is 12.1 Å². The number of anilines is 1. The second-order valence-corrected chi connectivity index (χ2v) is 3.78. The minimum Gasteiger partial charge on any atom is -0.496 e. The molecule has 0 fully saturated rings. The first-order chi connectivity index (χ1) is 8.26. The van der Waals surface area contributed by atoms with E-state index >= 15 is 0 Å². The zero-order valence-electron chi connectivity index (χ0n) is 9.57. The molecule has 0 atom stereocenters. The average molecular weight is 250 g/mol. The smallest absolute Gasteiger partial charge is 0.152 e. The monoisotopic (exact) mass is 249 g/mol. The van der Waals surface area contributed by atoms with E-state index in [4.69, 9.17) is 16.3 Å². The zero-order chi connectivity index (χ0) is 12.3. The highest BCUT2D eigenvalue weighted by molar-refractivity contribution is 6.31. The molecule has 2 rings (SSSR count). The summed E-state index contributed by atoms with van der Waals surface area (Å²) in [6, 6.07) is 5.40. The van der Waals surface area contributed by atoms with Crippen LogP contribution in [0.4, 0.5) is 5.82 Å². The van der Waals surface area contributed by atoms with Gasteiger partial charge in [-0.05, 0) is 18.2 Å². The van der Waals surface area contributed by atoms with Gasteiger partial charge >= 0.3 is 0 Å². The summed E-state index contributed by atoms with van der Waals surface area (Å²) in [5, 5.41) is 3.63. The third-order valence-corrected chi connectivity index (χ3v) is 2.59. The summed E-state index contributed by atoms with van der Waals surface area (Å²) in [5.41, 5.74) is 1.53. The Kier molecular flexibility index (Phi) is 3.44. The maximum atomic E-state index is 6.00. The molecule has 0 aliphatic carbocycles. The van der Waals surface area contributed by atoms with Crippen LogP contribution in [0.25, 0.3) is 11.3 Å². The fourth-order valence-corrected chi connectivity index (χ4v) is 1.76. The number of ether oxygens (including phenoxy) is 1. The predicted molar refractivity (Wildman–Crippen MR) is 68.6 cm³/mol. The lowest BCUT2D eigenvalue weighted by atomic mass is 10.1. The Labute approximate surface area is 105 Å². The number of hydrogen-bond donors (Lipinski definition) is 1. The summed E-state index contributed by atoms with van der Waals surface area (Å²) in [5.74, 6) is 1.40. The van der Waals surface area contributed by atoms with E-state index in [0.29, 0.717) is 22.3 Å². The number of rotatable bonds is 3. The van der Waals surface area contributed by atoms with Crippen LogP contribution in [0.3, 0.4) is 0 Å². The second-order valence-electron chi connectivity index (χ2n) is 3.35. The molecule has 88 valence electrons. The van der Waals surface area contributed by atoms with E-state index in [1.165, 1.54) is 0 Å². The summed E-state index contributed by atoms with van der Waals surface area (Å²) in [6.45, 7) is 0. The fraction of sp³-hybridized carbons (Fsp3) is 0.167.